The van der Waals surface area contributed by atoms with Gasteiger partial charge in [-0.15, -0.1) is 24.0 Å². The second-order valence-corrected chi connectivity index (χ2v) is 7.37. The quantitative estimate of drug-likeness (QED) is 0.184. The van der Waals surface area contributed by atoms with Gasteiger partial charge in [0.1, 0.15) is 11.5 Å². The van der Waals surface area contributed by atoms with Crippen molar-refractivity contribution < 1.29 is 14.6 Å². The number of nitrogens with one attached hydrogen (secondary N) is 3. The summed E-state index contributed by atoms with van der Waals surface area (Å²) in [5.74, 6) is 1.94. The minimum Gasteiger partial charge on any atom is -0.497 e. The molecule has 2 aromatic carbocycles. The molecule has 32 heavy (non-hydrogen) atoms. The Morgan fingerprint density at radius 3 is 2.50 bits per heavy atom. The molecule has 0 saturated carbocycles. The Morgan fingerprint density at radius 2 is 1.84 bits per heavy atom. The van der Waals surface area contributed by atoms with Crippen LogP contribution in [0.2, 0.25) is 0 Å². The zero-order valence-electron chi connectivity index (χ0n) is 19.1. The summed E-state index contributed by atoms with van der Waals surface area (Å²) >= 11 is 0. The standard InChI is InChI=1S/C24H32N4O3.HI/c1-5-25-24(26-10-9-17-14-27-23-16(2)7-6-8-21(17)23)28-15-22(29)18-11-19(30-3)13-20(12-18)31-4;/h6-8,11-14,22,27,29H,5,9-10,15H2,1-4H3,(H2,25,26,28);1H. The number of aliphatic imine (C=N–C) groups is 1. The average molecular weight is 552 g/mol. The highest BCUT2D eigenvalue weighted by Crippen LogP contribution is 2.26. The molecule has 7 nitrogen and oxygen atoms in total. The molecule has 1 unspecified atom stereocenters. The molecule has 3 rings (SSSR count). The molecular formula is C24H33IN4O3. The van der Waals surface area contributed by atoms with E-state index in [2.05, 4.69) is 51.9 Å². The molecule has 0 bridgehead atoms. The van der Waals surface area contributed by atoms with Crippen molar-refractivity contribution in [2.75, 3.05) is 33.9 Å². The van der Waals surface area contributed by atoms with Crippen molar-refractivity contribution in [2.45, 2.75) is 26.4 Å². The number of hydrogen-bond acceptors (Lipinski definition) is 4. The Labute approximate surface area is 206 Å². The second-order valence-electron chi connectivity index (χ2n) is 7.37. The number of methoxy groups -OCH3 is 2. The summed E-state index contributed by atoms with van der Waals surface area (Å²) in [6.45, 7) is 5.82. The molecule has 3 aromatic rings. The highest BCUT2D eigenvalue weighted by Gasteiger charge is 2.12. The van der Waals surface area contributed by atoms with Gasteiger partial charge in [0, 0.05) is 36.3 Å². The average Bonchev–Trinajstić information content (AvgIpc) is 3.21. The van der Waals surface area contributed by atoms with Crippen LogP contribution >= 0.6 is 24.0 Å². The van der Waals surface area contributed by atoms with Crippen molar-refractivity contribution in [1.29, 1.82) is 0 Å². The number of aliphatic hydroxyl groups excluding tert-OH is 1. The van der Waals surface area contributed by atoms with Crippen LogP contribution in [0, 0.1) is 6.92 Å². The summed E-state index contributed by atoms with van der Waals surface area (Å²) in [7, 11) is 3.18. The molecule has 1 atom stereocenters. The van der Waals surface area contributed by atoms with Crippen LogP contribution in [0.1, 0.15) is 29.7 Å². The monoisotopic (exact) mass is 552 g/mol. The molecule has 1 aromatic heterocycles. The van der Waals surface area contributed by atoms with Crippen molar-refractivity contribution in [3.05, 3.63) is 59.3 Å². The van der Waals surface area contributed by atoms with E-state index < -0.39 is 6.10 Å². The van der Waals surface area contributed by atoms with Crippen LogP contribution in [0.15, 0.2) is 47.6 Å². The third-order valence-electron chi connectivity index (χ3n) is 5.22. The molecule has 0 fully saturated rings. The number of ether oxygens (including phenoxy) is 2. The Balaban J connectivity index is 0.00000363. The van der Waals surface area contributed by atoms with Crippen LogP contribution in [-0.2, 0) is 6.42 Å². The summed E-state index contributed by atoms with van der Waals surface area (Å²) in [5, 5.41) is 18.5. The summed E-state index contributed by atoms with van der Waals surface area (Å²) in [4.78, 5) is 7.92. The first-order valence-corrected chi connectivity index (χ1v) is 10.5. The lowest BCUT2D eigenvalue weighted by Gasteiger charge is -2.15. The van der Waals surface area contributed by atoms with E-state index in [4.69, 9.17) is 9.47 Å². The van der Waals surface area contributed by atoms with Crippen LogP contribution in [-0.4, -0.2) is 49.9 Å². The SMILES string of the molecule is CCNC(=NCC(O)c1cc(OC)cc(OC)c1)NCCc1c[nH]c2c(C)cccc12.I. The zero-order valence-corrected chi connectivity index (χ0v) is 21.4. The maximum Gasteiger partial charge on any atom is 0.191 e. The van der Waals surface area contributed by atoms with E-state index in [1.807, 2.05) is 6.92 Å². The molecule has 0 saturated heterocycles. The van der Waals surface area contributed by atoms with Gasteiger partial charge in [-0.25, -0.2) is 0 Å². The van der Waals surface area contributed by atoms with Crippen LogP contribution in [0.5, 0.6) is 11.5 Å². The summed E-state index contributed by atoms with van der Waals surface area (Å²) in [6, 6.07) is 11.7. The van der Waals surface area contributed by atoms with Crippen molar-refractivity contribution in [3.63, 3.8) is 0 Å². The van der Waals surface area contributed by atoms with Gasteiger partial charge in [-0.2, -0.15) is 0 Å². The fourth-order valence-corrected chi connectivity index (χ4v) is 3.53. The smallest absolute Gasteiger partial charge is 0.191 e. The van der Waals surface area contributed by atoms with Gasteiger partial charge in [0.05, 0.1) is 26.9 Å². The summed E-state index contributed by atoms with van der Waals surface area (Å²) in [6.07, 6.45) is 2.17. The predicted octanol–water partition coefficient (Wildman–Crippen LogP) is 3.94. The third-order valence-corrected chi connectivity index (χ3v) is 5.22. The highest BCUT2D eigenvalue weighted by atomic mass is 127. The lowest BCUT2D eigenvalue weighted by atomic mass is 10.1. The second kappa shape index (κ2) is 12.5. The molecule has 0 spiro atoms. The molecule has 8 heteroatoms. The van der Waals surface area contributed by atoms with Gasteiger partial charge >= 0.3 is 0 Å². The maximum absolute atomic E-state index is 10.6. The minimum atomic E-state index is -0.768. The number of guanidine groups is 1. The van der Waals surface area contributed by atoms with E-state index >= 15 is 0 Å². The summed E-state index contributed by atoms with van der Waals surface area (Å²) in [5.41, 5.74) is 4.40. The number of aryl methyl sites for hydroxylation is 1. The number of halogens is 1. The Hall–Kier alpha value is -2.46. The molecule has 0 radical (unpaired) electrons. The number of aromatic nitrogens is 1. The summed E-state index contributed by atoms with van der Waals surface area (Å²) < 4.78 is 10.6. The van der Waals surface area contributed by atoms with E-state index in [9.17, 15) is 5.11 Å². The van der Waals surface area contributed by atoms with Crippen LogP contribution in [0.4, 0.5) is 0 Å². The van der Waals surface area contributed by atoms with Gasteiger partial charge < -0.3 is 30.2 Å². The van der Waals surface area contributed by atoms with E-state index in [0.717, 1.165) is 19.5 Å². The van der Waals surface area contributed by atoms with Gasteiger partial charge in [-0.3, -0.25) is 4.99 Å². The first-order valence-electron chi connectivity index (χ1n) is 10.5. The number of aromatic amines is 1. The molecule has 1 heterocycles. The Morgan fingerprint density at radius 1 is 1.12 bits per heavy atom. The molecule has 0 aliphatic heterocycles. The first-order chi connectivity index (χ1) is 15.0. The number of fused-ring (bicyclic) bond motifs is 1. The van der Waals surface area contributed by atoms with E-state index in [1.165, 1.54) is 22.0 Å². The molecular weight excluding hydrogens is 519 g/mol. The number of H-pyrrole nitrogens is 1. The number of rotatable bonds is 9. The molecule has 4 N–H and O–H groups in total. The van der Waals surface area contributed by atoms with Crippen molar-refractivity contribution in [3.8, 4) is 11.5 Å². The van der Waals surface area contributed by atoms with Crippen molar-refractivity contribution in [2.24, 2.45) is 4.99 Å². The van der Waals surface area contributed by atoms with Gasteiger partial charge in [0.25, 0.3) is 0 Å². The molecule has 0 aliphatic carbocycles. The lowest BCUT2D eigenvalue weighted by molar-refractivity contribution is 0.186. The largest absolute Gasteiger partial charge is 0.497 e. The normalized spacial score (nSPS) is 12.2. The van der Waals surface area contributed by atoms with Crippen LogP contribution in [0.25, 0.3) is 10.9 Å². The fraction of sp³-hybridized carbons (Fsp3) is 0.375. The number of para-hydroxylation sites is 1. The fourth-order valence-electron chi connectivity index (χ4n) is 3.53. The van der Waals surface area contributed by atoms with E-state index in [-0.39, 0.29) is 30.5 Å². The zero-order chi connectivity index (χ0) is 22.2. The van der Waals surface area contributed by atoms with E-state index in [1.54, 1.807) is 32.4 Å². The molecule has 174 valence electrons. The van der Waals surface area contributed by atoms with Gasteiger partial charge in [-0.1, -0.05) is 18.2 Å². The van der Waals surface area contributed by atoms with Crippen LogP contribution < -0.4 is 20.1 Å². The first kappa shape index (κ1) is 25.8. The number of hydrogen-bond donors (Lipinski definition) is 4. The number of benzene rings is 2. The molecule has 0 amide bonds. The van der Waals surface area contributed by atoms with Gasteiger partial charge in [0.15, 0.2) is 5.96 Å². The predicted molar refractivity (Wildman–Crippen MR) is 141 cm³/mol. The Kier molecular flexibility index (Phi) is 10.1. The lowest BCUT2D eigenvalue weighted by Crippen LogP contribution is -2.38. The number of aliphatic hydroxyl groups is 1. The maximum atomic E-state index is 10.6. The third kappa shape index (κ3) is 6.52. The van der Waals surface area contributed by atoms with Gasteiger partial charge in [-0.05, 0) is 49.1 Å². The van der Waals surface area contributed by atoms with E-state index in [0.29, 0.717) is 23.0 Å². The minimum absolute atomic E-state index is 0. The number of nitrogens with zero attached hydrogens (tertiary/aromatic N) is 1. The van der Waals surface area contributed by atoms with Crippen LogP contribution in [0.3, 0.4) is 0 Å². The van der Waals surface area contributed by atoms with Crippen molar-refractivity contribution >= 4 is 40.8 Å². The molecule has 0 aliphatic rings. The topological polar surface area (TPSA) is 90.9 Å². The Bertz CT molecular complexity index is 1010. The highest BCUT2D eigenvalue weighted by molar-refractivity contribution is 14.0. The van der Waals surface area contributed by atoms with Gasteiger partial charge in [0.2, 0.25) is 0 Å². The van der Waals surface area contributed by atoms with Crippen molar-refractivity contribution in [1.82, 2.24) is 15.6 Å².